The Labute approximate surface area is 117 Å². The lowest BCUT2D eigenvalue weighted by Crippen LogP contribution is -2.36. The summed E-state index contributed by atoms with van der Waals surface area (Å²) >= 11 is 0. The highest BCUT2D eigenvalue weighted by Crippen LogP contribution is 2.18. The second-order valence-corrected chi connectivity index (χ2v) is 4.19. The van der Waals surface area contributed by atoms with E-state index in [1.54, 1.807) is 0 Å². The van der Waals surface area contributed by atoms with E-state index >= 15 is 0 Å². The Morgan fingerprint density at radius 2 is 2.10 bits per heavy atom. The summed E-state index contributed by atoms with van der Waals surface area (Å²) in [6.07, 6.45) is -0.143. The van der Waals surface area contributed by atoms with Crippen molar-refractivity contribution in [3.05, 3.63) is 29.6 Å². The van der Waals surface area contributed by atoms with Crippen LogP contribution >= 0.6 is 0 Å². The van der Waals surface area contributed by atoms with Crippen LogP contribution in [0, 0.1) is 5.82 Å². The second-order valence-electron chi connectivity index (χ2n) is 4.19. The molecule has 0 aromatic heterocycles. The Balaban J connectivity index is 2.66. The Bertz CT molecular complexity index is 490. The predicted molar refractivity (Wildman–Crippen MR) is 71.1 cm³/mol. The topological polar surface area (TPSA) is 64.6 Å². The van der Waals surface area contributed by atoms with Crippen molar-refractivity contribution in [2.24, 2.45) is 0 Å². The third kappa shape index (κ3) is 4.22. The molecule has 0 heterocycles. The molecule has 0 radical (unpaired) electrons. The molecule has 0 aliphatic carbocycles. The summed E-state index contributed by atoms with van der Waals surface area (Å²) < 4.78 is 23.2. The number of carbonyl (C=O) groups is 2. The highest BCUT2D eigenvalue weighted by Gasteiger charge is 2.19. The second kappa shape index (κ2) is 7.47. The first-order chi connectivity index (χ1) is 9.49. The van der Waals surface area contributed by atoms with Gasteiger partial charge in [0, 0.05) is 6.54 Å². The summed E-state index contributed by atoms with van der Waals surface area (Å²) in [5, 5.41) is 2.61. The van der Waals surface area contributed by atoms with Crippen LogP contribution in [0.15, 0.2) is 18.2 Å². The molecule has 0 saturated heterocycles. The number of nitrogens with one attached hydrogen (secondary N) is 1. The van der Waals surface area contributed by atoms with Crippen LogP contribution in [0.4, 0.5) is 4.39 Å². The highest BCUT2D eigenvalue weighted by atomic mass is 19.1. The molecule has 1 atom stereocenters. The molecule has 110 valence electrons. The number of methoxy groups -OCH3 is 1. The number of halogens is 1. The number of hydrogen-bond acceptors (Lipinski definition) is 4. The zero-order valence-electron chi connectivity index (χ0n) is 11.7. The van der Waals surface area contributed by atoms with Crippen molar-refractivity contribution in [3.8, 4) is 5.75 Å². The molecule has 0 bridgehead atoms. The van der Waals surface area contributed by atoms with Gasteiger partial charge in [-0.3, -0.25) is 4.79 Å². The SMILES string of the molecule is CCCNC(=O)[C@@H](C)OC(=O)c1ccc(OC)c(F)c1. The molecule has 1 amide bonds. The molecule has 6 heteroatoms. The van der Waals surface area contributed by atoms with Crippen molar-refractivity contribution in [1.29, 1.82) is 0 Å². The average Bonchev–Trinajstić information content (AvgIpc) is 2.44. The molecular weight excluding hydrogens is 265 g/mol. The van der Waals surface area contributed by atoms with Gasteiger partial charge in [0.2, 0.25) is 0 Å². The number of amides is 1. The van der Waals surface area contributed by atoms with Crippen molar-refractivity contribution < 1.29 is 23.5 Å². The van der Waals surface area contributed by atoms with E-state index in [2.05, 4.69) is 5.32 Å². The summed E-state index contributed by atoms with van der Waals surface area (Å²) in [5.41, 5.74) is 0.0263. The number of rotatable bonds is 6. The van der Waals surface area contributed by atoms with Crippen molar-refractivity contribution in [1.82, 2.24) is 5.32 Å². The van der Waals surface area contributed by atoms with Gasteiger partial charge in [0.15, 0.2) is 17.7 Å². The number of ether oxygens (including phenoxy) is 2. The molecule has 0 fully saturated rings. The Hall–Kier alpha value is -2.11. The molecule has 1 aromatic carbocycles. The summed E-state index contributed by atoms with van der Waals surface area (Å²) in [6.45, 7) is 3.89. The number of carbonyl (C=O) groups excluding carboxylic acids is 2. The lowest BCUT2D eigenvalue weighted by molar-refractivity contribution is -0.129. The molecule has 1 aromatic rings. The third-order valence-corrected chi connectivity index (χ3v) is 2.59. The first-order valence-corrected chi connectivity index (χ1v) is 6.31. The van der Waals surface area contributed by atoms with Crippen LogP contribution in [-0.4, -0.2) is 31.6 Å². The fraction of sp³-hybridized carbons (Fsp3) is 0.429. The zero-order valence-corrected chi connectivity index (χ0v) is 11.7. The highest BCUT2D eigenvalue weighted by molar-refractivity contribution is 5.92. The maximum Gasteiger partial charge on any atom is 0.339 e. The standard InChI is InChI=1S/C14H18FNO4/c1-4-7-16-13(17)9(2)20-14(18)10-5-6-12(19-3)11(15)8-10/h5-6,8-9H,4,7H2,1-3H3,(H,16,17)/t9-/m1/s1. The van der Waals surface area contributed by atoms with Gasteiger partial charge in [-0.1, -0.05) is 6.92 Å². The van der Waals surface area contributed by atoms with Crippen LogP contribution in [0.1, 0.15) is 30.6 Å². The van der Waals surface area contributed by atoms with Crippen molar-refractivity contribution in [2.45, 2.75) is 26.4 Å². The fourth-order valence-corrected chi connectivity index (χ4v) is 1.47. The van der Waals surface area contributed by atoms with Gasteiger partial charge in [-0.15, -0.1) is 0 Å². The van der Waals surface area contributed by atoms with Gasteiger partial charge in [0.1, 0.15) is 0 Å². The van der Waals surface area contributed by atoms with Crippen LogP contribution in [-0.2, 0) is 9.53 Å². The van der Waals surface area contributed by atoms with Gasteiger partial charge >= 0.3 is 5.97 Å². The average molecular weight is 283 g/mol. The minimum Gasteiger partial charge on any atom is -0.494 e. The summed E-state index contributed by atoms with van der Waals surface area (Å²) in [5.74, 6) is -1.76. The molecule has 20 heavy (non-hydrogen) atoms. The maximum atomic E-state index is 13.5. The predicted octanol–water partition coefficient (Wildman–Crippen LogP) is 1.91. The molecule has 0 aliphatic heterocycles. The smallest absolute Gasteiger partial charge is 0.339 e. The van der Waals surface area contributed by atoms with E-state index in [-0.39, 0.29) is 17.2 Å². The Kier molecular flexibility index (Phi) is 5.96. The number of benzene rings is 1. The van der Waals surface area contributed by atoms with Crippen LogP contribution in [0.5, 0.6) is 5.75 Å². The molecule has 0 saturated carbocycles. The first-order valence-electron chi connectivity index (χ1n) is 6.31. The lowest BCUT2D eigenvalue weighted by Gasteiger charge is -2.13. The normalized spacial score (nSPS) is 11.6. The van der Waals surface area contributed by atoms with Gasteiger partial charge in [-0.25, -0.2) is 9.18 Å². The Morgan fingerprint density at radius 1 is 1.40 bits per heavy atom. The largest absolute Gasteiger partial charge is 0.494 e. The van der Waals surface area contributed by atoms with Gasteiger partial charge < -0.3 is 14.8 Å². The molecule has 0 spiro atoms. The maximum absolute atomic E-state index is 13.5. The molecule has 0 unspecified atom stereocenters. The van der Waals surface area contributed by atoms with Crippen molar-refractivity contribution in [2.75, 3.05) is 13.7 Å². The van der Waals surface area contributed by atoms with E-state index in [1.165, 1.54) is 26.2 Å². The van der Waals surface area contributed by atoms with Crippen LogP contribution in [0.2, 0.25) is 0 Å². The first kappa shape index (κ1) is 15.9. The number of esters is 1. The van der Waals surface area contributed by atoms with Gasteiger partial charge in [0.05, 0.1) is 12.7 Å². The van der Waals surface area contributed by atoms with Crippen LogP contribution < -0.4 is 10.1 Å². The number of hydrogen-bond donors (Lipinski definition) is 1. The van der Waals surface area contributed by atoms with Crippen molar-refractivity contribution in [3.63, 3.8) is 0 Å². The Morgan fingerprint density at radius 3 is 2.65 bits per heavy atom. The molecule has 0 aliphatic rings. The van der Waals surface area contributed by atoms with E-state index in [0.29, 0.717) is 6.54 Å². The molecular formula is C14H18FNO4. The molecule has 1 rings (SSSR count). The monoisotopic (exact) mass is 283 g/mol. The van der Waals surface area contributed by atoms with Gasteiger partial charge in [-0.05, 0) is 31.5 Å². The molecule has 5 nitrogen and oxygen atoms in total. The summed E-state index contributed by atoms with van der Waals surface area (Å²) in [4.78, 5) is 23.3. The van der Waals surface area contributed by atoms with E-state index in [9.17, 15) is 14.0 Å². The van der Waals surface area contributed by atoms with E-state index < -0.39 is 17.9 Å². The third-order valence-electron chi connectivity index (χ3n) is 2.59. The zero-order chi connectivity index (χ0) is 15.1. The fourth-order valence-electron chi connectivity index (χ4n) is 1.47. The van der Waals surface area contributed by atoms with Crippen LogP contribution in [0.3, 0.4) is 0 Å². The van der Waals surface area contributed by atoms with Crippen LogP contribution in [0.25, 0.3) is 0 Å². The minimum atomic E-state index is -0.931. The van der Waals surface area contributed by atoms with E-state index in [4.69, 9.17) is 9.47 Å². The minimum absolute atomic E-state index is 0.0263. The quantitative estimate of drug-likeness (QED) is 0.810. The van der Waals surface area contributed by atoms with Gasteiger partial charge in [0.25, 0.3) is 5.91 Å². The summed E-state index contributed by atoms with van der Waals surface area (Å²) in [6, 6.07) is 3.71. The molecule has 1 N–H and O–H groups in total. The van der Waals surface area contributed by atoms with Crippen molar-refractivity contribution >= 4 is 11.9 Å². The van der Waals surface area contributed by atoms with E-state index in [0.717, 1.165) is 12.5 Å². The van der Waals surface area contributed by atoms with Gasteiger partial charge in [-0.2, -0.15) is 0 Å². The lowest BCUT2D eigenvalue weighted by atomic mass is 10.2. The summed E-state index contributed by atoms with van der Waals surface area (Å²) in [7, 11) is 1.33. The van der Waals surface area contributed by atoms with E-state index in [1.807, 2.05) is 6.92 Å².